The molecule has 7 nitrogen and oxygen atoms in total. The van der Waals surface area contributed by atoms with Crippen molar-refractivity contribution in [1.82, 2.24) is 9.88 Å². The Morgan fingerprint density at radius 2 is 1.85 bits per heavy atom. The van der Waals surface area contributed by atoms with Gasteiger partial charge < -0.3 is 20.7 Å². The van der Waals surface area contributed by atoms with Crippen molar-refractivity contribution in [3.63, 3.8) is 0 Å². The van der Waals surface area contributed by atoms with Crippen LogP contribution >= 0.6 is 11.3 Å². The second-order valence-electron chi connectivity index (χ2n) is 8.10. The standard InChI is InChI=1S/C26H23N5O2S/c1-16-7-9-17(10-8-16)20-19(15-27)24(28)30-22-21(26(32)31-11-13-33-14-12-31)25(34-23(20)22)29-18-5-3-2-4-6-18/h2-10,29H,11-14H2,1H3,(H2,28,30). The number of nitrogen functional groups attached to an aromatic ring is 1. The van der Waals surface area contributed by atoms with Crippen LogP contribution in [0.3, 0.4) is 0 Å². The predicted octanol–water partition coefficient (Wildman–Crippen LogP) is 4.94. The zero-order valence-corrected chi connectivity index (χ0v) is 19.5. The second-order valence-corrected chi connectivity index (χ2v) is 9.13. The Morgan fingerprint density at radius 1 is 1.15 bits per heavy atom. The number of hydrogen-bond donors (Lipinski definition) is 2. The molecular formula is C26H23N5O2S. The summed E-state index contributed by atoms with van der Waals surface area (Å²) in [6.45, 7) is 4.03. The van der Waals surface area contributed by atoms with E-state index in [4.69, 9.17) is 10.5 Å². The molecule has 8 heteroatoms. The molecule has 2 aromatic heterocycles. The van der Waals surface area contributed by atoms with Gasteiger partial charge in [0.05, 0.1) is 23.4 Å². The quantitative estimate of drug-likeness (QED) is 0.439. The highest BCUT2D eigenvalue weighted by Gasteiger charge is 2.29. The van der Waals surface area contributed by atoms with Crippen LogP contribution < -0.4 is 11.1 Å². The Morgan fingerprint density at radius 3 is 2.53 bits per heavy atom. The minimum atomic E-state index is -0.126. The zero-order valence-electron chi connectivity index (χ0n) is 18.7. The van der Waals surface area contributed by atoms with E-state index in [9.17, 15) is 10.1 Å². The van der Waals surface area contributed by atoms with E-state index in [1.165, 1.54) is 11.3 Å². The first kappa shape index (κ1) is 21.9. The number of pyridine rings is 1. The van der Waals surface area contributed by atoms with Crippen LogP contribution in [0.1, 0.15) is 21.5 Å². The van der Waals surface area contributed by atoms with E-state index in [1.807, 2.05) is 61.5 Å². The first-order valence-corrected chi connectivity index (χ1v) is 11.8. The fourth-order valence-electron chi connectivity index (χ4n) is 4.09. The summed E-state index contributed by atoms with van der Waals surface area (Å²) in [4.78, 5) is 20.1. The van der Waals surface area contributed by atoms with E-state index in [2.05, 4.69) is 16.4 Å². The lowest BCUT2D eigenvalue weighted by Crippen LogP contribution is -2.40. The molecule has 0 bridgehead atoms. The molecule has 2 aromatic carbocycles. The van der Waals surface area contributed by atoms with Crippen LogP contribution in [0.4, 0.5) is 16.5 Å². The molecule has 0 spiro atoms. The molecule has 3 heterocycles. The molecule has 170 valence electrons. The lowest BCUT2D eigenvalue weighted by molar-refractivity contribution is 0.0305. The van der Waals surface area contributed by atoms with Gasteiger partial charge >= 0.3 is 0 Å². The van der Waals surface area contributed by atoms with Gasteiger partial charge in [-0.1, -0.05) is 48.0 Å². The van der Waals surface area contributed by atoms with Crippen molar-refractivity contribution in [3.05, 3.63) is 71.3 Å². The van der Waals surface area contributed by atoms with E-state index >= 15 is 0 Å². The number of amides is 1. The summed E-state index contributed by atoms with van der Waals surface area (Å²) < 4.78 is 6.19. The summed E-state index contributed by atoms with van der Waals surface area (Å²) in [6, 6.07) is 19.8. The molecule has 0 aliphatic carbocycles. The van der Waals surface area contributed by atoms with E-state index in [0.29, 0.717) is 53.5 Å². The van der Waals surface area contributed by atoms with Gasteiger partial charge in [-0.3, -0.25) is 4.79 Å². The number of thiophene rings is 1. The van der Waals surface area contributed by atoms with E-state index in [0.717, 1.165) is 21.5 Å². The highest BCUT2D eigenvalue weighted by molar-refractivity contribution is 7.24. The molecule has 0 saturated carbocycles. The van der Waals surface area contributed by atoms with Crippen LogP contribution in [0, 0.1) is 18.3 Å². The minimum absolute atomic E-state index is 0.116. The summed E-state index contributed by atoms with van der Waals surface area (Å²) >= 11 is 1.42. The first-order valence-electron chi connectivity index (χ1n) is 11.0. The molecule has 1 fully saturated rings. The lowest BCUT2D eigenvalue weighted by atomic mass is 9.99. The molecule has 4 aromatic rings. The number of aryl methyl sites for hydroxylation is 1. The van der Waals surface area contributed by atoms with Gasteiger partial charge in [-0.05, 0) is 24.6 Å². The predicted molar refractivity (Wildman–Crippen MR) is 135 cm³/mol. The van der Waals surface area contributed by atoms with Crippen LogP contribution in [0.2, 0.25) is 0 Å². The minimum Gasteiger partial charge on any atom is -0.383 e. The van der Waals surface area contributed by atoms with Gasteiger partial charge in [0.2, 0.25) is 0 Å². The van der Waals surface area contributed by atoms with Gasteiger partial charge in [0, 0.05) is 24.3 Å². The van der Waals surface area contributed by atoms with Crippen LogP contribution in [-0.2, 0) is 4.74 Å². The Labute approximate surface area is 201 Å². The summed E-state index contributed by atoms with van der Waals surface area (Å²) in [5, 5.41) is 14.0. The number of rotatable bonds is 4. The number of nitriles is 1. The largest absolute Gasteiger partial charge is 0.383 e. The molecule has 3 N–H and O–H groups in total. The number of benzene rings is 2. The topological polar surface area (TPSA) is 104 Å². The highest BCUT2D eigenvalue weighted by Crippen LogP contribution is 2.44. The second kappa shape index (κ2) is 9.14. The van der Waals surface area contributed by atoms with Crippen LogP contribution in [0.15, 0.2) is 54.6 Å². The summed E-state index contributed by atoms with van der Waals surface area (Å²) in [5.74, 6) is -0.00916. The van der Waals surface area contributed by atoms with Crippen molar-refractivity contribution in [1.29, 1.82) is 5.26 Å². The zero-order chi connectivity index (χ0) is 23.7. The molecule has 5 rings (SSSR count). The van der Waals surface area contributed by atoms with Crippen molar-refractivity contribution >= 4 is 44.0 Å². The van der Waals surface area contributed by atoms with Crippen molar-refractivity contribution in [2.24, 2.45) is 0 Å². The number of aromatic nitrogens is 1. The normalized spacial score (nSPS) is 13.6. The Balaban J connectivity index is 1.77. The third kappa shape index (κ3) is 3.96. The smallest absolute Gasteiger partial charge is 0.259 e. The van der Waals surface area contributed by atoms with Crippen LogP contribution in [0.5, 0.6) is 0 Å². The third-order valence-electron chi connectivity index (χ3n) is 5.84. The maximum atomic E-state index is 13.7. The van der Waals surface area contributed by atoms with Crippen LogP contribution in [-0.4, -0.2) is 42.1 Å². The average molecular weight is 470 g/mol. The number of fused-ring (bicyclic) bond motifs is 1. The maximum Gasteiger partial charge on any atom is 0.259 e. The number of hydrogen-bond acceptors (Lipinski definition) is 7. The summed E-state index contributed by atoms with van der Waals surface area (Å²) in [7, 11) is 0. The Hall–Kier alpha value is -3.93. The fourth-order valence-corrected chi connectivity index (χ4v) is 5.31. The number of anilines is 3. The monoisotopic (exact) mass is 469 g/mol. The van der Waals surface area contributed by atoms with Gasteiger partial charge in [-0.2, -0.15) is 5.26 Å². The molecule has 1 aliphatic rings. The lowest BCUT2D eigenvalue weighted by Gasteiger charge is -2.27. The molecule has 0 unspecified atom stereocenters. The summed E-state index contributed by atoms with van der Waals surface area (Å²) in [5.41, 5.74) is 11.1. The molecular weight excluding hydrogens is 446 g/mol. The van der Waals surface area contributed by atoms with E-state index in [-0.39, 0.29) is 11.7 Å². The number of morpholine rings is 1. The number of ether oxygens (including phenoxy) is 1. The number of nitrogens with two attached hydrogens (primary N) is 1. The van der Waals surface area contributed by atoms with Crippen molar-refractivity contribution in [3.8, 4) is 17.2 Å². The van der Waals surface area contributed by atoms with Gasteiger partial charge in [0.25, 0.3) is 5.91 Å². The number of nitrogens with zero attached hydrogens (tertiary/aromatic N) is 3. The summed E-state index contributed by atoms with van der Waals surface area (Å²) in [6.07, 6.45) is 0. The van der Waals surface area contributed by atoms with Crippen molar-refractivity contribution in [2.45, 2.75) is 6.92 Å². The molecule has 0 atom stereocenters. The third-order valence-corrected chi connectivity index (χ3v) is 6.96. The highest BCUT2D eigenvalue weighted by atomic mass is 32.1. The Bertz CT molecular complexity index is 1400. The van der Waals surface area contributed by atoms with Gasteiger partial charge in [0.15, 0.2) is 0 Å². The number of nitrogens with one attached hydrogen (secondary N) is 1. The van der Waals surface area contributed by atoms with E-state index in [1.54, 1.807) is 4.90 Å². The van der Waals surface area contributed by atoms with Crippen molar-refractivity contribution in [2.75, 3.05) is 37.4 Å². The number of carbonyl (C=O) groups excluding carboxylic acids is 1. The van der Waals surface area contributed by atoms with Gasteiger partial charge in [-0.15, -0.1) is 11.3 Å². The number of carbonyl (C=O) groups is 1. The molecule has 34 heavy (non-hydrogen) atoms. The SMILES string of the molecule is Cc1ccc(-c2c(C#N)c(N)nc3c(C(=O)N4CCOCC4)c(Nc4ccccc4)sc23)cc1. The molecule has 1 aliphatic heterocycles. The van der Waals surface area contributed by atoms with Crippen LogP contribution in [0.25, 0.3) is 21.3 Å². The molecule has 1 saturated heterocycles. The molecule has 0 radical (unpaired) electrons. The maximum absolute atomic E-state index is 13.7. The Kier molecular flexibility index (Phi) is 5.88. The first-order chi connectivity index (χ1) is 16.6. The van der Waals surface area contributed by atoms with Gasteiger partial charge in [0.1, 0.15) is 28.0 Å². The number of para-hydroxylation sites is 1. The average Bonchev–Trinajstić information content (AvgIpc) is 3.21. The van der Waals surface area contributed by atoms with Crippen molar-refractivity contribution < 1.29 is 9.53 Å². The molecule has 1 amide bonds. The fraction of sp³-hybridized carbons (Fsp3) is 0.192. The van der Waals surface area contributed by atoms with Gasteiger partial charge in [-0.25, -0.2) is 4.98 Å². The van der Waals surface area contributed by atoms with E-state index < -0.39 is 0 Å².